The molecule has 0 aliphatic heterocycles. The maximum atomic E-state index is 6.12. The molecule has 0 spiro atoms. The Kier molecular flexibility index (Phi) is 6.79. The number of thioether (sulfide) groups is 1. The van der Waals surface area contributed by atoms with Gasteiger partial charge in [0.05, 0.1) is 0 Å². The van der Waals surface area contributed by atoms with Crippen LogP contribution in [0.15, 0.2) is 11.2 Å². The molecule has 16 heavy (non-hydrogen) atoms. The van der Waals surface area contributed by atoms with Gasteiger partial charge in [0.2, 0.25) is 8.32 Å². The van der Waals surface area contributed by atoms with Crippen molar-refractivity contribution in [3.05, 3.63) is 11.2 Å². The lowest BCUT2D eigenvalue weighted by atomic mass is 10.2. The molecule has 0 saturated carbocycles. The average Bonchev–Trinajstić information content (AvgIpc) is 1.97. The lowest BCUT2D eigenvalue weighted by Crippen LogP contribution is -2.25. The highest BCUT2D eigenvalue weighted by atomic mass is 32.2. The van der Waals surface area contributed by atoms with Gasteiger partial charge < -0.3 is 4.43 Å². The van der Waals surface area contributed by atoms with E-state index in [-0.39, 0.29) is 4.75 Å². The second-order valence-electron chi connectivity index (χ2n) is 6.09. The number of allylic oxidation sites excluding steroid dienone is 1. The van der Waals surface area contributed by atoms with Crippen LogP contribution in [0.3, 0.4) is 0 Å². The van der Waals surface area contributed by atoms with Crippen LogP contribution in [0.2, 0.25) is 19.6 Å². The largest absolute Gasteiger partial charge is 0.540 e. The topological polar surface area (TPSA) is 9.23 Å². The van der Waals surface area contributed by atoms with Gasteiger partial charge in [-0.2, -0.15) is 0 Å². The molecule has 0 aromatic rings. The van der Waals surface area contributed by atoms with Crippen LogP contribution in [0.1, 0.15) is 47.0 Å². The molecule has 0 atom stereocenters. The Morgan fingerprint density at radius 2 is 1.81 bits per heavy atom. The Hall–Kier alpha value is 0.107. The van der Waals surface area contributed by atoms with E-state index in [4.69, 9.17) is 4.43 Å². The molecule has 0 amide bonds. The summed E-state index contributed by atoms with van der Waals surface area (Å²) in [6, 6.07) is 0. The van der Waals surface area contributed by atoms with Crippen LogP contribution in [-0.4, -0.2) is 13.1 Å². The minimum atomic E-state index is -1.47. The van der Waals surface area contributed by atoms with Crippen molar-refractivity contribution in [2.24, 2.45) is 0 Å². The Balaban J connectivity index is 4.45. The van der Waals surface area contributed by atoms with E-state index in [0.29, 0.717) is 0 Å². The maximum absolute atomic E-state index is 6.12. The molecule has 0 radical (unpaired) electrons. The summed E-state index contributed by atoms with van der Waals surface area (Å²) in [5.74, 6) is 0. The van der Waals surface area contributed by atoms with E-state index < -0.39 is 8.32 Å². The standard InChI is InChI=1S/C13H28OSSi/c1-8-9-10-11-12(14-16(5,6)7)15-13(2,3)4/h11H,8-10H2,1-7H3/b12-11-. The Labute approximate surface area is 107 Å². The second-order valence-corrected chi connectivity index (χ2v) is 12.4. The van der Waals surface area contributed by atoms with Crippen LogP contribution < -0.4 is 0 Å². The summed E-state index contributed by atoms with van der Waals surface area (Å²) in [5.41, 5.74) is 0. The van der Waals surface area contributed by atoms with Crippen molar-refractivity contribution in [2.75, 3.05) is 0 Å². The molecular weight excluding hydrogens is 232 g/mol. The molecule has 96 valence electrons. The van der Waals surface area contributed by atoms with E-state index in [9.17, 15) is 0 Å². The zero-order chi connectivity index (χ0) is 12.8. The summed E-state index contributed by atoms with van der Waals surface area (Å²) in [6.07, 6.45) is 5.91. The predicted octanol–water partition coefficient (Wildman–Crippen LogP) is 5.40. The van der Waals surface area contributed by atoms with Crippen molar-refractivity contribution >= 4 is 20.1 Å². The zero-order valence-corrected chi connectivity index (χ0v) is 13.8. The minimum Gasteiger partial charge on any atom is -0.540 e. The van der Waals surface area contributed by atoms with Crippen LogP contribution in [0.5, 0.6) is 0 Å². The average molecular weight is 261 g/mol. The molecule has 0 aromatic carbocycles. The van der Waals surface area contributed by atoms with Crippen molar-refractivity contribution in [3.63, 3.8) is 0 Å². The van der Waals surface area contributed by atoms with Gasteiger partial charge in [-0.25, -0.2) is 0 Å². The highest BCUT2D eigenvalue weighted by molar-refractivity contribution is 8.04. The number of hydrogen-bond donors (Lipinski definition) is 0. The molecule has 0 saturated heterocycles. The lowest BCUT2D eigenvalue weighted by Gasteiger charge is -2.26. The van der Waals surface area contributed by atoms with Crippen molar-refractivity contribution in [1.82, 2.24) is 0 Å². The Morgan fingerprint density at radius 1 is 1.25 bits per heavy atom. The van der Waals surface area contributed by atoms with Crippen LogP contribution >= 0.6 is 11.8 Å². The van der Waals surface area contributed by atoms with E-state index >= 15 is 0 Å². The molecule has 0 rings (SSSR count). The van der Waals surface area contributed by atoms with Gasteiger partial charge in [0, 0.05) is 4.75 Å². The number of rotatable bonds is 6. The monoisotopic (exact) mass is 260 g/mol. The van der Waals surface area contributed by atoms with Gasteiger partial charge in [-0.05, 0) is 38.6 Å². The van der Waals surface area contributed by atoms with E-state index in [1.54, 1.807) is 0 Å². The first-order valence-corrected chi connectivity index (χ1v) is 10.4. The number of unbranched alkanes of at least 4 members (excludes halogenated alkanes) is 2. The molecule has 0 bridgehead atoms. The first-order chi connectivity index (χ1) is 7.14. The molecular formula is C13H28OSSi. The summed E-state index contributed by atoms with van der Waals surface area (Å²) < 4.78 is 6.36. The summed E-state index contributed by atoms with van der Waals surface area (Å²) >= 11 is 1.85. The van der Waals surface area contributed by atoms with E-state index in [1.165, 1.54) is 12.8 Å². The first kappa shape index (κ1) is 16.1. The third kappa shape index (κ3) is 10.6. The Morgan fingerprint density at radius 3 is 2.19 bits per heavy atom. The SMILES string of the molecule is CCCC/C=C(/O[Si](C)(C)C)SC(C)(C)C. The molecule has 1 nitrogen and oxygen atoms in total. The van der Waals surface area contributed by atoms with Crippen LogP contribution in [0.25, 0.3) is 0 Å². The summed E-state index contributed by atoms with van der Waals surface area (Å²) in [4.78, 5) is 0. The van der Waals surface area contributed by atoms with Gasteiger partial charge in [-0.3, -0.25) is 0 Å². The van der Waals surface area contributed by atoms with Crippen molar-refractivity contribution < 1.29 is 4.43 Å². The second kappa shape index (κ2) is 6.75. The molecule has 3 heteroatoms. The molecule has 0 aliphatic rings. The van der Waals surface area contributed by atoms with Crippen molar-refractivity contribution in [2.45, 2.75) is 71.3 Å². The van der Waals surface area contributed by atoms with E-state index in [0.717, 1.165) is 11.5 Å². The smallest absolute Gasteiger partial charge is 0.242 e. The quantitative estimate of drug-likeness (QED) is 0.359. The highest BCUT2D eigenvalue weighted by Crippen LogP contribution is 2.33. The molecule has 0 aliphatic carbocycles. The first-order valence-electron chi connectivity index (χ1n) is 6.22. The minimum absolute atomic E-state index is 0.234. The van der Waals surface area contributed by atoms with Crippen LogP contribution in [-0.2, 0) is 4.43 Å². The van der Waals surface area contributed by atoms with Gasteiger partial charge >= 0.3 is 0 Å². The maximum Gasteiger partial charge on any atom is 0.242 e. The molecule has 0 aromatic heterocycles. The zero-order valence-electron chi connectivity index (χ0n) is 12.0. The third-order valence-electron chi connectivity index (χ3n) is 1.68. The fraction of sp³-hybridized carbons (Fsp3) is 0.846. The van der Waals surface area contributed by atoms with Gasteiger partial charge in [0.15, 0.2) is 0 Å². The van der Waals surface area contributed by atoms with E-state index in [2.05, 4.69) is 53.4 Å². The third-order valence-corrected chi connectivity index (χ3v) is 3.73. The lowest BCUT2D eigenvalue weighted by molar-refractivity contribution is 0.458. The summed E-state index contributed by atoms with van der Waals surface area (Å²) in [7, 11) is -1.47. The number of hydrogen-bond acceptors (Lipinski definition) is 2. The highest BCUT2D eigenvalue weighted by Gasteiger charge is 2.21. The summed E-state index contributed by atoms with van der Waals surface area (Å²) in [6.45, 7) is 15.7. The normalized spacial score (nSPS) is 14.1. The molecule has 0 unspecified atom stereocenters. The Bertz CT molecular complexity index is 205. The van der Waals surface area contributed by atoms with Crippen LogP contribution in [0.4, 0.5) is 0 Å². The van der Waals surface area contributed by atoms with Gasteiger partial charge in [0.1, 0.15) is 5.09 Å². The molecule has 0 heterocycles. The van der Waals surface area contributed by atoms with Crippen molar-refractivity contribution in [3.8, 4) is 0 Å². The molecule has 0 fully saturated rings. The van der Waals surface area contributed by atoms with Gasteiger partial charge in [-0.1, -0.05) is 45.9 Å². The summed E-state index contributed by atoms with van der Waals surface area (Å²) in [5, 5.41) is 1.14. The fourth-order valence-corrected chi connectivity index (χ4v) is 3.54. The van der Waals surface area contributed by atoms with Gasteiger partial charge in [-0.15, -0.1) is 0 Å². The molecule has 0 N–H and O–H groups in total. The predicted molar refractivity (Wildman–Crippen MR) is 79.4 cm³/mol. The fourth-order valence-electron chi connectivity index (χ4n) is 1.13. The van der Waals surface area contributed by atoms with Gasteiger partial charge in [0.25, 0.3) is 0 Å². The van der Waals surface area contributed by atoms with Crippen LogP contribution in [0, 0.1) is 0 Å². The van der Waals surface area contributed by atoms with E-state index in [1.807, 2.05) is 11.8 Å². The van der Waals surface area contributed by atoms with Crippen molar-refractivity contribution in [1.29, 1.82) is 0 Å².